The van der Waals surface area contributed by atoms with E-state index in [1.807, 2.05) is 0 Å². The Bertz CT molecular complexity index is 548. The Morgan fingerprint density at radius 3 is 1.53 bits per heavy atom. The molecule has 0 unspecified atom stereocenters. The van der Waals surface area contributed by atoms with E-state index in [4.69, 9.17) is 10.0 Å². The molecule has 0 saturated carbocycles. The van der Waals surface area contributed by atoms with E-state index >= 15 is 0 Å². The van der Waals surface area contributed by atoms with Gasteiger partial charge in [0.15, 0.2) is 0 Å². The van der Waals surface area contributed by atoms with Crippen molar-refractivity contribution in [3.8, 4) is 11.1 Å². The van der Waals surface area contributed by atoms with Crippen molar-refractivity contribution in [2.75, 3.05) is 0 Å². The summed E-state index contributed by atoms with van der Waals surface area (Å²) in [7, 11) is -1.55. The zero-order chi connectivity index (χ0) is 14.0. The predicted molar refractivity (Wildman–Crippen MR) is 66.7 cm³/mol. The van der Waals surface area contributed by atoms with Crippen molar-refractivity contribution in [1.82, 2.24) is 0 Å². The van der Waals surface area contributed by atoms with Gasteiger partial charge in [0.25, 0.3) is 0 Å². The molecule has 6 heteroatoms. The molecule has 0 aliphatic heterocycles. The quantitative estimate of drug-likeness (QED) is 0.817. The maximum Gasteiger partial charge on any atom is 0.488 e. The van der Waals surface area contributed by atoms with Crippen LogP contribution in [0.2, 0.25) is 0 Å². The van der Waals surface area contributed by atoms with Crippen molar-refractivity contribution in [2.24, 2.45) is 0 Å². The molecule has 0 fully saturated rings. The molecule has 0 saturated heterocycles. The number of halogens is 3. The van der Waals surface area contributed by atoms with Crippen LogP contribution in [0.5, 0.6) is 0 Å². The maximum absolute atomic E-state index is 12.4. The summed E-state index contributed by atoms with van der Waals surface area (Å²) in [4.78, 5) is 0. The zero-order valence-corrected chi connectivity index (χ0v) is 9.72. The second kappa shape index (κ2) is 5.07. The lowest BCUT2D eigenvalue weighted by atomic mass is 9.80. The highest BCUT2D eigenvalue weighted by Crippen LogP contribution is 2.30. The molecule has 2 aromatic carbocycles. The number of hydrogen-bond acceptors (Lipinski definition) is 2. The lowest BCUT2D eigenvalue weighted by Crippen LogP contribution is -2.29. The van der Waals surface area contributed by atoms with Crippen molar-refractivity contribution in [1.29, 1.82) is 0 Å². The van der Waals surface area contributed by atoms with Crippen molar-refractivity contribution < 1.29 is 23.2 Å². The first-order valence-corrected chi connectivity index (χ1v) is 5.51. The summed E-state index contributed by atoms with van der Waals surface area (Å²) < 4.78 is 37.2. The van der Waals surface area contributed by atoms with Crippen molar-refractivity contribution in [2.45, 2.75) is 6.18 Å². The molecule has 2 aromatic rings. The van der Waals surface area contributed by atoms with Gasteiger partial charge in [-0.2, -0.15) is 13.2 Å². The Balaban J connectivity index is 2.27. The van der Waals surface area contributed by atoms with E-state index in [0.29, 0.717) is 16.6 Å². The summed E-state index contributed by atoms with van der Waals surface area (Å²) in [6.07, 6.45) is -4.34. The van der Waals surface area contributed by atoms with Gasteiger partial charge in [-0.3, -0.25) is 0 Å². The van der Waals surface area contributed by atoms with Crippen LogP contribution >= 0.6 is 0 Å². The van der Waals surface area contributed by atoms with E-state index in [2.05, 4.69) is 0 Å². The molecule has 0 aliphatic rings. The highest BCUT2D eigenvalue weighted by atomic mass is 19.4. The predicted octanol–water partition coefficient (Wildman–Crippen LogP) is 2.05. The lowest BCUT2D eigenvalue weighted by molar-refractivity contribution is -0.137. The van der Waals surface area contributed by atoms with Gasteiger partial charge >= 0.3 is 13.3 Å². The number of hydrogen-bond donors (Lipinski definition) is 2. The SMILES string of the molecule is OB(O)c1ccc(-c2ccc(C(F)(F)F)cc2)cc1. The van der Waals surface area contributed by atoms with E-state index < -0.39 is 18.9 Å². The van der Waals surface area contributed by atoms with Gasteiger partial charge < -0.3 is 10.0 Å². The molecular formula is C13H10BF3O2. The third-order valence-electron chi connectivity index (χ3n) is 2.75. The molecule has 0 bridgehead atoms. The molecule has 0 atom stereocenters. The molecule has 0 amide bonds. The van der Waals surface area contributed by atoms with Gasteiger partial charge in [0.1, 0.15) is 0 Å². The molecule has 2 nitrogen and oxygen atoms in total. The minimum absolute atomic E-state index is 0.329. The number of alkyl halides is 3. The summed E-state index contributed by atoms with van der Waals surface area (Å²) in [5.41, 5.74) is 0.972. The highest BCUT2D eigenvalue weighted by molar-refractivity contribution is 6.58. The largest absolute Gasteiger partial charge is 0.488 e. The minimum Gasteiger partial charge on any atom is -0.423 e. The summed E-state index contributed by atoms with van der Waals surface area (Å²) in [5, 5.41) is 17.9. The average molecular weight is 266 g/mol. The summed E-state index contributed by atoms with van der Waals surface area (Å²) in [6.45, 7) is 0. The van der Waals surface area contributed by atoms with Crippen LogP contribution in [-0.2, 0) is 6.18 Å². The van der Waals surface area contributed by atoms with Crippen LogP contribution < -0.4 is 5.46 Å². The normalized spacial score (nSPS) is 11.4. The van der Waals surface area contributed by atoms with Crippen LogP contribution in [0.3, 0.4) is 0 Å². The summed E-state index contributed by atoms with van der Waals surface area (Å²) >= 11 is 0. The summed E-state index contributed by atoms with van der Waals surface area (Å²) in [5.74, 6) is 0. The van der Waals surface area contributed by atoms with Gasteiger partial charge in [0, 0.05) is 0 Å². The van der Waals surface area contributed by atoms with Gasteiger partial charge in [0.05, 0.1) is 5.56 Å². The number of benzene rings is 2. The van der Waals surface area contributed by atoms with E-state index in [0.717, 1.165) is 12.1 Å². The molecule has 98 valence electrons. The Kier molecular flexibility index (Phi) is 3.64. The molecule has 0 aliphatic carbocycles. The smallest absolute Gasteiger partial charge is 0.423 e. The fourth-order valence-electron chi connectivity index (χ4n) is 1.70. The Labute approximate surface area is 108 Å². The van der Waals surface area contributed by atoms with Gasteiger partial charge in [-0.25, -0.2) is 0 Å². The third kappa shape index (κ3) is 3.16. The van der Waals surface area contributed by atoms with Crippen molar-refractivity contribution in [3.05, 3.63) is 54.1 Å². The van der Waals surface area contributed by atoms with Crippen LogP contribution in [0, 0.1) is 0 Å². The standard InChI is InChI=1S/C13H10BF3O2/c15-13(16,17)11-5-1-9(2-6-11)10-3-7-12(8-4-10)14(18)19/h1-8,18-19H. The zero-order valence-electron chi connectivity index (χ0n) is 9.72. The molecular weight excluding hydrogens is 256 g/mol. The lowest BCUT2D eigenvalue weighted by Gasteiger charge is -2.08. The highest BCUT2D eigenvalue weighted by Gasteiger charge is 2.29. The second-order valence-corrected chi connectivity index (χ2v) is 4.07. The van der Waals surface area contributed by atoms with Crippen molar-refractivity contribution >= 4 is 12.6 Å². The van der Waals surface area contributed by atoms with Crippen LogP contribution in [0.15, 0.2) is 48.5 Å². The van der Waals surface area contributed by atoms with Crippen molar-refractivity contribution in [3.63, 3.8) is 0 Å². The van der Waals surface area contributed by atoms with E-state index in [9.17, 15) is 13.2 Å². The van der Waals surface area contributed by atoms with Crippen LogP contribution in [0.1, 0.15) is 5.56 Å². The fourth-order valence-corrected chi connectivity index (χ4v) is 1.70. The first-order chi connectivity index (χ1) is 8.88. The van der Waals surface area contributed by atoms with Crippen LogP contribution in [0.25, 0.3) is 11.1 Å². The van der Waals surface area contributed by atoms with E-state index in [-0.39, 0.29) is 0 Å². The van der Waals surface area contributed by atoms with E-state index in [1.165, 1.54) is 24.3 Å². The third-order valence-corrected chi connectivity index (χ3v) is 2.75. The van der Waals surface area contributed by atoms with E-state index in [1.54, 1.807) is 12.1 Å². The maximum atomic E-state index is 12.4. The fraction of sp³-hybridized carbons (Fsp3) is 0.0769. The van der Waals surface area contributed by atoms with Gasteiger partial charge in [-0.15, -0.1) is 0 Å². The summed E-state index contributed by atoms with van der Waals surface area (Å²) in [6, 6.07) is 11.1. The Morgan fingerprint density at radius 2 is 1.16 bits per heavy atom. The Hall–Kier alpha value is -1.79. The number of rotatable bonds is 2. The van der Waals surface area contributed by atoms with Gasteiger partial charge in [-0.05, 0) is 28.7 Å². The monoisotopic (exact) mass is 266 g/mol. The topological polar surface area (TPSA) is 40.5 Å². The first kappa shape index (κ1) is 13.6. The van der Waals surface area contributed by atoms with Gasteiger partial charge in [0.2, 0.25) is 0 Å². The molecule has 2 N–H and O–H groups in total. The molecule has 0 spiro atoms. The molecule has 2 rings (SSSR count). The minimum atomic E-state index is -4.34. The second-order valence-electron chi connectivity index (χ2n) is 4.07. The molecule has 0 radical (unpaired) electrons. The average Bonchev–Trinajstić information content (AvgIpc) is 2.38. The van der Waals surface area contributed by atoms with Crippen LogP contribution in [0.4, 0.5) is 13.2 Å². The van der Waals surface area contributed by atoms with Gasteiger partial charge in [-0.1, -0.05) is 36.4 Å². The molecule has 19 heavy (non-hydrogen) atoms. The molecule has 0 aromatic heterocycles. The first-order valence-electron chi connectivity index (χ1n) is 5.51. The van der Waals surface area contributed by atoms with Crippen LogP contribution in [-0.4, -0.2) is 17.2 Å². The Morgan fingerprint density at radius 1 is 0.737 bits per heavy atom. The molecule has 0 heterocycles.